The van der Waals surface area contributed by atoms with Crippen LogP contribution in [0.25, 0.3) is 0 Å². The van der Waals surface area contributed by atoms with Crippen LogP contribution in [0.2, 0.25) is 0 Å². The summed E-state index contributed by atoms with van der Waals surface area (Å²) in [5, 5.41) is 11.8. The van der Waals surface area contributed by atoms with Crippen molar-refractivity contribution >= 4 is 17.9 Å². The van der Waals surface area contributed by atoms with Crippen molar-refractivity contribution in [1.29, 1.82) is 0 Å². The first-order chi connectivity index (χ1) is 36.6. The van der Waals surface area contributed by atoms with Gasteiger partial charge in [0.1, 0.15) is 13.2 Å². The first kappa shape index (κ1) is 71.2. The second-order valence-electron chi connectivity index (χ2n) is 21.3. The molecular weight excluding hydrogens is 935 g/mol. The topological polar surface area (TPSA) is 111 Å². The summed E-state index contributed by atoms with van der Waals surface area (Å²) in [7, 11) is 5.91. The third-order valence-corrected chi connectivity index (χ3v) is 12.8. The molecule has 0 N–H and O–H groups in total. The molecule has 0 saturated heterocycles. The minimum atomic E-state index is -1.63. The maximum absolute atomic E-state index is 12.9. The summed E-state index contributed by atoms with van der Waals surface area (Å²) in [5.74, 6) is -2.30. The third-order valence-electron chi connectivity index (χ3n) is 12.8. The maximum atomic E-state index is 12.9. The van der Waals surface area contributed by atoms with Crippen LogP contribution < -0.4 is 5.11 Å². The van der Waals surface area contributed by atoms with Crippen LogP contribution in [-0.2, 0) is 33.3 Å². The fraction of sp³-hybridized carbons (Fsp3) is 0.712. The molecule has 0 heterocycles. The lowest BCUT2D eigenvalue weighted by molar-refractivity contribution is -0.870. The van der Waals surface area contributed by atoms with Crippen LogP contribution in [0.3, 0.4) is 0 Å². The average Bonchev–Trinajstić information content (AvgIpc) is 3.38. The summed E-state index contributed by atoms with van der Waals surface area (Å²) in [5.41, 5.74) is 0. The van der Waals surface area contributed by atoms with Gasteiger partial charge >= 0.3 is 11.9 Å². The smallest absolute Gasteiger partial charge is 0.306 e. The predicted molar refractivity (Wildman–Crippen MR) is 315 cm³/mol. The molecule has 2 unspecified atom stereocenters. The van der Waals surface area contributed by atoms with Gasteiger partial charge in [0, 0.05) is 12.8 Å². The number of hydrogen-bond donors (Lipinski definition) is 0. The normalized spacial score (nSPS) is 13.5. The Kier molecular flexibility index (Phi) is 53.6. The molecule has 0 aliphatic carbocycles. The Morgan fingerprint density at radius 3 is 1.13 bits per heavy atom. The summed E-state index contributed by atoms with van der Waals surface area (Å²) >= 11 is 0. The number of unbranched alkanes of at least 4 members (excludes halogenated alkanes) is 24. The molecule has 0 radical (unpaired) electrons. The van der Waals surface area contributed by atoms with E-state index in [0.29, 0.717) is 17.4 Å². The quantitative estimate of drug-likeness (QED) is 0.0195. The van der Waals surface area contributed by atoms with Crippen LogP contribution in [0.15, 0.2) is 97.2 Å². The van der Waals surface area contributed by atoms with E-state index in [0.717, 1.165) is 109 Å². The molecule has 0 aliphatic heterocycles. The molecule has 0 fully saturated rings. The van der Waals surface area contributed by atoms with E-state index in [2.05, 4.69) is 111 Å². The van der Waals surface area contributed by atoms with Gasteiger partial charge in [0.05, 0.1) is 40.3 Å². The van der Waals surface area contributed by atoms with Crippen molar-refractivity contribution in [2.45, 2.75) is 257 Å². The summed E-state index contributed by atoms with van der Waals surface area (Å²) in [6, 6.07) is 0. The number of hydrogen-bond acceptors (Lipinski definition) is 8. The van der Waals surface area contributed by atoms with Crippen LogP contribution in [-0.4, -0.2) is 82.3 Å². The van der Waals surface area contributed by atoms with E-state index in [4.69, 9.17) is 18.9 Å². The minimum Gasteiger partial charge on any atom is -0.545 e. The highest BCUT2D eigenvalue weighted by atomic mass is 16.7. The number of esters is 2. The standard InChI is InChI=1S/C66H113NO8/c1-6-8-10-12-14-16-18-20-21-22-23-24-25-26-27-28-29-30-31-32-33-34-35-36-37-38-39-40-41-42-43-45-47-49-51-53-55-57-64(69)75-62(61-74-66(65(70)71)72-59-58-67(3,4)5)60-73-63(68)56-54-52-50-48-46-44-19-17-15-13-11-9-7-2/h8,10-11,13-14,16-17,19-21,23-24,26-27,29-30,62,66H,6-7,9,12,15,18,22,25,28,31-61H2,1-5H3/b10-8-,13-11-,16-14-,19-17-,21-20-,24-23-,27-26-,30-29-. The van der Waals surface area contributed by atoms with Crippen molar-refractivity contribution in [3.63, 3.8) is 0 Å². The van der Waals surface area contributed by atoms with Crippen LogP contribution in [0.1, 0.15) is 245 Å². The number of carbonyl (C=O) groups excluding carboxylic acids is 3. The van der Waals surface area contributed by atoms with E-state index < -0.39 is 24.3 Å². The van der Waals surface area contributed by atoms with E-state index in [1.54, 1.807) is 0 Å². The van der Waals surface area contributed by atoms with Crippen LogP contribution in [0.4, 0.5) is 0 Å². The molecule has 9 heteroatoms. The zero-order valence-corrected chi connectivity index (χ0v) is 48.9. The van der Waals surface area contributed by atoms with E-state index >= 15 is 0 Å². The van der Waals surface area contributed by atoms with Gasteiger partial charge in [-0.3, -0.25) is 9.59 Å². The van der Waals surface area contributed by atoms with Crippen LogP contribution in [0, 0.1) is 0 Å². The number of aliphatic carboxylic acids is 1. The molecule has 0 amide bonds. The number of rotatable bonds is 55. The Morgan fingerprint density at radius 1 is 0.413 bits per heavy atom. The molecule has 75 heavy (non-hydrogen) atoms. The fourth-order valence-corrected chi connectivity index (χ4v) is 8.17. The van der Waals surface area contributed by atoms with Gasteiger partial charge < -0.3 is 33.3 Å². The molecule has 0 spiro atoms. The average molecular weight is 1050 g/mol. The van der Waals surface area contributed by atoms with E-state index in [9.17, 15) is 19.5 Å². The van der Waals surface area contributed by atoms with Gasteiger partial charge in [0.15, 0.2) is 12.4 Å². The second kappa shape index (κ2) is 56.4. The molecule has 0 aromatic rings. The van der Waals surface area contributed by atoms with Crippen molar-refractivity contribution in [2.24, 2.45) is 0 Å². The lowest BCUT2D eigenvalue weighted by Gasteiger charge is -2.26. The van der Waals surface area contributed by atoms with Gasteiger partial charge in [0.2, 0.25) is 0 Å². The van der Waals surface area contributed by atoms with Crippen molar-refractivity contribution < 1.29 is 42.9 Å². The van der Waals surface area contributed by atoms with Crippen LogP contribution >= 0.6 is 0 Å². The highest BCUT2D eigenvalue weighted by molar-refractivity contribution is 5.70. The number of carboxylic acids is 1. The van der Waals surface area contributed by atoms with Crippen molar-refractivity contribution in [3.05, 3.63) is 97.2 Å². The van der Waals surface area contributed by atoms with E-state index in [1.165, 1.54) is 103 Å². The predicted octanol–water partition coefficient (Wildman–Crippen LogP) is 16.8. The second-order valence-corrected chi connectivity index (χ2v) is 21.3. The largest absolute Gasteiger partial charge is 0.545 e. The first-order valence-electron chi connectivity index (χ1n) is 30.4. The third kappa shape index (κ3) is 57.7. The Bertz CT molecular complexity index is 1550. The number of ether oxygens (including phenoxy) is 4. The molecule has 0 aromatic heterocycles. The number of carbonyl (C=O) groups is 3. The molecule has 430 valence electrons. The van der Waals surface area contributed by atoms with Crippen molar-refractivity contribution in [2.75, 3.05) is 47.5 Å². The number of likely N-dealkylation sites (N-methyl/N-ethyl adjacent to an activating group) is 1. The summed E-state index contributed by atoms with van der Waals surface area (Å²) < 4.78 is 22.7. The van der Waals surface area contributed by atoms with E-state index in [-0.39, 0.29) is 38.6 Å². The lowest BCUT2D eigenvalue weighted by atomic mass is 10.0. The van der Waals surface area contributed by atoms with Gasteiger partial charge in [-0.25, -0.2) is 0 Å². The maximum Gasteiger partial charge on any atom is 0.306 e. The highest BCUT2D eigenvalue weighted by Crippen LogP contribution is 2.16. The minimum absolute atomic E-state index is 0.143. The zero-order valence-electron chi connectivity index (χ0n) is 48.9. The molecule has 0 aromatic carbocycles. The Hall–Kier alpha value is -3.79. The van der Waals surface area contributed by atoms with Crippen molar-refractivity contribution in [3.8, 4) is 0 Å². The Morgan fingerprint density at radius 2 is 0.760 bits per heavy atom. The lowest BCUT2D eigenvalue weighted by Crippen LogP contribution is -2.44. The molecule has 0 rings (SSSR count). The first-order valence-corrected chi connectivity index (χ1v) is 30.4. The van der Waals surface area contributed by atoms with Crippen molar-refractivity contribution in [1.82, 2.24) is 0 Å². The number of quaternary nitrogens is 1. The molecular formula is C66H113NO8. The van der Waals surface area contributed by atoms with Gasteiger partial charge in [-0.15, -0.1) is 0 Å². The number of nitrogens with zero attached hydrogens (tertiary/aromatic N) is 1. The number of carboxylic acid groups (broad SMARTS) is 1. The zero-order chi connectivity index (χ0) is 54.8. The van der Waals surface area contributed by atoms with Gasteiger partial charge in [-0.1, -0.05) is 239 Å². The number of allylic oxidation sites excluding steroid dienone is 16. The fourth-order valence-electron chi connectivity index (χ4n) is 8.17. The molecule has 0 bridgehead atoms. The molecule has 0 saturated carbocycles. The van der Waals surface area contributed by atoms with Gasteiger partial charge in [-0.05, 0) is 89.9 Å². The van der Waals surface area contributed by atoms with Gasteiger partial charge in [0.25, 0.3) is 0 Å². The summed E-state index contributed by atoms with van der Waals surface area (Å²) in [6.45, 7) is 4.55. The van der Waals surface area contributed by atoms with Gasteiger partial charge in [-0.2, -0.15) is 0 Å². The summed E-state index contributed by atoms with van der Waals surface area (Å²) in [4.78, 5) is 37.2. The van der Waals surface area contributed by atoms with E-state index in [1.807, 2.05) is 21.1 Å². The molecule has 9 nitrogen and oxygen atoms in total. The highest BCUT2D eigenvalue weighted by Gasteiger charge is 2.22. The monoisotopic (exact) mass is 1050 g/mol. The molecule has 0 aliphatic rings. The SMILES string of the molecule is CC/C=C\C/C=C\C/C=C\C/C=C\C/C=C\C/C=C\CCCCCCCCCCCCCCCCCCCCC(=O)OC(COC(=O)CCCCCCC/C=C\C/C=C\CCC)COC(OCC[N+](C)(C)C)C(=O)[O-]. The summed E-state index contributed by atoms with van der Waals surface area (Å²) in [6.07, 6.45) is 73.4. The van der Waals surface area contributed by atoms with Crippen LogP contribution in [0.5, 0.6) is 0 Å². The Labute approximate surface area is 461 Å². The Balaban J connectivity index is 4.05. The molecule has 2 atom stereocenters.